The van der Waals surface area contributed by atoms with E-state index >= 15 is 0 Å². The van der Waals surface area contributed by atoms with Crippen molar-refractivity contribution in [3.63, 3.8) is 0 Å². The maximum absolute atomic E-state index is 9.79. The van der Waals surface area contributed by atoms with Crippen LogP contribution in [0.5, 0.6) is 0 Å². The van der Waals surface area contributed by atoms with Gasteiger partial charge in [-0.25, -0.2) is 0 Å². The number of anilines is 1. The minimum atomic E-state index is 0.589. The quantitative estimate of drug-likeness (QED) is 0.525. The van der Waals surface area contributed by atoms with Gasteiger partial charge in [0, 0.05) is 12.1 Å². The number of halogens is 1. The van der Waals surface area contributed by atoms with Gasteiger partial charge in [0.15, 0.2) is 0 Å². The fraction of sp³-hybridized carbons (Fsp3) is 0.250. The van der Waals surface area contributed by atoms with Crippen LogP contribution in [0.4, 0.5) is 5.82 Å². The Morgan fingerprint density at radius 2 is 1.88 bits per heavy atom. The monoisotopic (exact) mass is 352 g/mol. The summed E-state index contributed by atoms with van der Waals surface area (Å²) >= 11 is 6.46. The number of hydrogen-bond acceptors (Lipinski definition) is 3. The van der Waals surface area contributed by atoms with E-state index in [2.05, 4.69) is 30.4 Å². The molecule has 3 rings (SSSR count). The van der Waals surface area contributed by atoms with Crippen molar-refractivity contribution >= 4 is 22.9 Å². The standard InChI is InChI=1S/C20H21ClN4/c1-24(2)13-7-12-23-20-19(15-8-4-3-5-9-15)16(14-22)17-10-6-11-18(21)25(17)20/h3-6,8-11,23H,7,12-13H2,1-2H3. The van der Waals surface area contributed by atoms with Crippen LogP contribution in [0, 0.1) is 11.3 Å². The molecule has 1 N–H and O–H groups in total. The van der Waals surface area contributed by atoms with E-state index in [0.717, 1.165) is 42.0 Å². The van der Waals surface area contributed by atoms with Gasteiger partial charge in [0.2, 0.25) is 0 Å². The van der Waals surface area contributed by atoms with Crippen molar-refractivity contribution in [2.24, 2.45) is 0 Å². The SMILES string of the molecule is CN(C)CCCNc1c(-c2ccccc2)c(C#N)c2cccc(Cl)n12. The number of hydrogen-bond donors (Lipinski definition) is 1. The van der Waals surface area contributed by atoms with Gasteiger partial charge >= 0.3 is 0 Å². The molecule has 0 unspecified atom stereocenters. The van der Waals surface area contributed by atoms with Gasteiger partial charge in [0.25, 0.3) is 0 Å². The van der Waals surface area contributed by atoms with Crippen LogP contribution in [-0.4, -0.2) is 36.5 Å². The molecular formula is C20H21ClN4. The Bertz CT molecular complexity index is 907. The molecule has 0 atom stereocenters. The molecule has 0 amide bonds. The molecule has 0 saturated heterocycles. The lowest BCUT2D eigenvalue weighted by molar-refractivity contribution is 0.405. The number of fused-ring (bicyclic) bond motifs is 1. The van der Waals surface area contributed by atoms with Crippen molar-refractivity contribution in [3.05, 3.63) is 59.2 Å². The van der Waals surface area contributed by atoms with E-state index in [1.165, 1.54) is 0 Å². The number of rotatable bonds is 6. The molecule has 0 spiro atoms. The normalized spacial score (nSPS) is 11.0. The lowest BCUT2D eigenvalue weighted by Crippen LogP contribution is -2.17. The predicted molar refractivity (Wildman–Crippen MR) is 104 cm³/mol. The van der Waals surface area contributed by atoms with Crippen LogP contribution in [0.3, 0.4) is 0 Å². The van der Waals surface area contributed by atoms with E-state index < -0.39 is 0 Å². The van der Waals surface area contributed by atoms with Crippen LogP contribution >= 0.6 is 11.6 Å². The van der Waals surface area contributed by atoms with Crippen molar-refractivity contribution < 1.29 is 0 Å². The highest BCUT2D eigenvalue weighted by Crippen LogP contribution is 2.38. The summed E-state index contributed by atoms with van der Waals surface area (Å²) in [4.78, 5) is 2.16. The lowest BCUT2D eigenvalue weighted by atomic mass is 10.0. The fourth-order valence-electron chi connectivity index (χ4n) is 3.03. The smallest absolute Gasteiger partial charge is 0.121 e. The number of nitrogens with zero attached hydrogens (tertiary/aromatic N) is 3. The molecule has 5 heteroatoms. The van der Waals surface area contributed by atoms with Gasteiger partial charge in [-0.15, -0.1) is 0 Å². The zero-order valence-corrected chi connectivity index (χ0v) is 15.2. The third kappa shape index (κ3) is 3.48. The molecule has 2 aromatic heterocycles. The Balaban J connectivity index is 2.13. The molecule has 0 aliphatic heterocycles. The lowest BCUT2D eigenvalue weighted by Gasteiger charge is -2.13. The fourth-order valence-corrected chi connectivity index (χ4v) is 3.28. The van der Waals surface area contributed by atoms with Gasteiger partial charge in [-0.2, -0.15) is 5.26 Å². The Morgan fingerprint density at radius 1 is 1.12 bits per heavy atom. The molecule has 0 saturated carbocycles. The average Bonchev–Trinajstić information content (AvgIpc) is 2.94. The molecule has 25 heavy (non-hydrogen) atoms. The number of aromatic nitrogens is 1. The zero-order valence-electron chi connectivity index (χ0n) is 14.5. The van der Waals surface area contributed by atoms with Crippen molar-refractivity contribution in [1.82, 2.24) is 9.30 Å². The Kier molecular flexibility index (Phi) is 5.28. The summed E-state index contributed by atoms with van der Waals surface area (Å²) in [6.07, 6.45) is 1.00. The van der Waals surface area contributed by atoms with Crippen LogP contribution in [0.25, 0.3) is 16.6 Å². The molecule has 0 fully saturated rings. The molecule has 0 radical (unpaired) electrons. The topological polar surface area (TPSA) is 43.5 Å². The van der Waals surface area contributed by atoms with Crippen LogP contribution < -0.4 is 5.32 Å². The summed E-state index contributed by atoms with van der Waals surface area (Å²) in [7, 11) is 4.12. The average molecular weight is 353 g/mol. The largest absolute Gasteiger partial charge is 0.371 e. The maximum atomic E-state index is 9.79. The Morgan fingerprint density at radius 3 is 2.56 bits per heavy atom. The molecule has 128 valence electrons. The summed E-state index contributed by atoms with van der Waals surface area (Å²) in [6.45, 7) is 1.80. The summed E-state index contributed by atoms with van der Waals surface area (Å²) in [5.41, 5.74) is 3.38. The number of nitrogens with one attached hydrogen (secondary N) is 1. The van der Waals surface area contributed by atoms with E-state index in [0.29, 0.717) is 10.7 Å². The summed E-state index contributed by atoms with van der Waals surface area (Å²) in [5.74, 6) is 0.877. The van der Waals surface area contributed by atoms with Gasteiger partial charge in [-0.3, -0.25) is 4.40 Å². The molecule has 2 heterocycles. The molecule has 0 bridgehead atoms. The van der Waals surface area contributed by atoms with Gasteiger partial charge in [0.1, 0.15) is 17.0 Å². The van der Waals surface area contributed by atoms with Crippen LogP contribution in [0.15, 0.2) is 48.5 Å². The summed E-state index contributed by atoms with van der Waals surface area (Å²) in [5, 5.41) is 13.9. The molecule has 3 aromatic rings. The van der Waals surface area contributed by atoms with E-state index in [1.807, 2.05) is 52.9 Å². The second-order valence-corrected chi connectivity index (χ2v) is 6.62. The van der Waals surface area contributed by atoms with Crippen molar-refractivity contribution in [2.75, 3.05) is 32.5 Å². The summed E-state index contributed by atoms with van der Waals surface area (Å²) < 4.78 is 1.93. The highest BCUT2D eigenvalue weighted by Gasteiger charge is 2.20. The van der Waals surface area contributed by atoms with E-state index in [9.17, 15) is 5.26 Å². The van der Waals surface area contributed by atoms with Gasteiger partial charge < -0.3 is 10.2 Å². The van der Waals surface area contributed by atoms with Crippen molar-refractivity contribution in [2.45, 2.75) is 6.42 Å². The number of pyridine rings is 1. The first-order chi connectivity index (χ1) is 12.1. The minimum absolute atomic E-state index is 0.589. The van der Waals surface area contributed by atoms with E-state index in [4.69, 9.17) is 11.6 Å². The van der Waals surface area contributed by atoms with Gasteiger partial charge in [-0.05, 0) is 44.8 Å². The molecule has 1 aromatic carbocycles. The Hall–Kier alpha value is -2.48. The first kappa shape index (κ1) is 17.3. The van der Waals surface area contributed by atoms with Crippen LogP contribution in [-0.2, 0) is 0 Å². The third-order valence-electron chi connectivity index (χ3n) is 4.16. The molecule has 0 aliphatic carbocycles. The van der Waals surface area contributed by atoms with Gasteiger partial charge in [0.05, 0.1) is 11.1 Å². The van der Waals surface area contributed by atoms with Crippen molar-refractivity contribution in [1.29, 1.82) is 5.26 Å². The predicted octanol–water partition coefficient (Wildman–Crippen LogP) is 4.49. The molecule has 0 aliphatic rings. The maximum Gasteiger partial charge on any atom is 0.121 e. The first-order valence-corrected chi connectivity index (χ1v) is 8.68. The highest BCUT2D eigenvalue weighted by molar-refractivity contribution is 6.30. The summed E-state index contributed by atoms with van der Waals surface area (Å²) in [6, 6.07) is 18.0. The minimum Gasteiger partial charge on any atom is -0.371 e. The van der Waals surface area contributed by atoms with Crippen LogP contribution in [0.1, 0.15) is 12.0 Å². The van der Waals surface area contributed by atoms with Crippen LogP contribution in [0.2, 0.25) is 5.15 Å². The third-order valence-corrected chi connectivity index (χ3v) is 4.45. The van der Waals surface area contributed by atoms with E-state index in [1.54, 1.807) is 0 Å². The van der Waals surface area contributed by atoms with Crippen molar-refractivity contribution in [3.8, 4) is 17.2 Å². The zero-order chi connectivity index (χ0) is 17.8. The highest BCUT2D eigenvalue weighted by atomic mass is 35.5. The number of nitriles is 1. The Labute approximate surface area is 153 Å². The molecular weight excluding hydrogens is 332 g/mol. The first-order valence-electron chi connectivity index (χ1n) is 8.30. The number of benzene rings is 1. The van der Waals surface area contributed by atoms with E-state index in [-0.39, 0.29) is 0 Å². The van der Waals surface area contributed by atoms with Gasteiger partial charge in [-0.1, -0.05) is 48.0 Å². The molecule has 4 nitrogen and oxygen atoms in total. The second-order valence-electron chi connectivity index (χ2n) is 6.23. The second kappa shape index (κ2) is 7.60.